The zero-order valence-electron chi connectivity index (χ0n) is 21.1. The summed E-state index contributed by atoms with van der Waals surface area (Å²) in [5.41, 5.74) is 3.63. The summed E-state index contributed by atoms with van der Waals surface area (Å²) in [6.07, 6.45) is 5.37. The van der Waals surface area contributed by atoms with Crippen LogP contribution in [0.25, 0.3) is 11.1 Å². The van der Waals surface area contributed by atoms with Crippen LogP contribution in [0.3, 0.4) is 0 Å². The van der Waals surface area contributed by atoms with Crippen molar-refractivity contribution in [2.45, 2.75) is 87.0 Å². The second kappa shape index (κ2) is 10.6. The normalized spacial score (nSPS) is 13.2. The van der Waals surface area contributed by atoms with E-state index in [1.165, 1.54) is 0 Å². The molecule has 2 aromatic carbocycles. The molecule has 2 rings (SSSR count). The zero-order chi connectivity index (χ0) is 24.1. The van der Waals surface area contributed by atoms with Gasteiger partial charge in [-0.1, -0.05) is 85.2 Å². The molecule has 0 amide bonds. The van der Waals surface area contributed by atoms with Gasteiger partial charge >= 0.3 is 5.97 Å². The molecule has 32 heavy (non-hydrogen) atoms. The van der Waals surface area contributed by atoms with Crippen molar-refractivity contribution >= 4 is 5.97 Å². The molecule has 0 spiro atoms. The first-order chi connectivity index (χ1) is 14.8. The predicted molar refractivity (Wildman–Crippen MR) is 134 cm³/mol. The molecule has 3 heteroatoms. The van der Waals surface area contributed by atoms with Crippen molar-refractivity contribution in [1.82, 2.24) is 0 Å². The van der Waals surface area contributed by atoms with Crippen LogP contribution in [0.5, 0.6) is 5.75 Å². The highest BCUT2D eigenvalue weighted by molar-refractivity contribution is 5.98. The molecular formula is C29H42O3. The summed E-state index contributed by atoms with van der Waals surface area (Å²) in [7, 11) is 0. The molecule has 0 fully saturated rings. The van der Waals surface area contributed by atoms with Gasteiger partial charge in [-0.3, -0.25) is 0 Å². The molecule has 0 saturated heterocycles. The van der Waals surface area contributed by atoms with E-state index in [-0.39, 0.29) is 16.6 Å². The van der Waals surface area contributed by atoms with E-state index in [1.54, 1.807) is 6.07 Å². The molecule has 1 unspecified atom stereocenters. The number of phenolic OH excluding ortho intramolecular Hbond substituents is 1. The molecule has 0 aliphatic carbocycles. The van der Waals surface area contributed by atoms with E-state index < -0.39 is 5.97 Å². The zero-order valence-corrected chi connectivity index (χ0v) is 21.1. The van der Waals surface area contributed by atoms with E-state index in [0.29, 0.717) is 29.9 Å². The van der Waals surface area contributed by atoms with E-state index in [1.807, 2.05) is 30.3 Å². The van der Waals surface area contributed by atoms with Crippen molar-refractivity contribution in [1.29, 1.82) is 0 Å². The number of hydrogen-bond donors (Lipinski definition) is 2. The van der Waals surface area contributed by atoms with Crippen molar-refractivity contribution in [2.24, 2.45) is 16.7 Å². The van der Waals surface area contributed by atoms with Gasteiger partial charge in [0.2, 0.25) is 0 Å². The van der Waals surface area contributed by atoms with Gasteiger partial charge in [0.15, 0.2) is 0 Å². The van der Waals surface area contributed by atoms with Crippen LogP contribution in [0, 0.1) is 16.7 Å². The molecule has 0 aromatic heterocycles. The number of aromatic carboxylic acids is 1. The standard InChI is InChI=1S/C29H42O3/c1-8-9-15-23-25(20-13-11-10-12-14-20)24(27(31)32)19-21(26(23)30)18-22(29(5,6)7)16-17-28(2,3)4/h10-14,19,22,30H,8-9,15-18H2,1-7H3,(H,31,32). The van der Waals surface area contributed by atoms with Gasteiger partial charge in [-0.25, -0.2) is 4.79 Å². The monoisotopic (exact) mass is 438 g/mol. The largest absolute Gasteiger partial charge is 0.507 e. The second-order valence-electron chi connectivity index (χ2n) is 11.4. The van der Waals surface area contributed by atoms with Gasteiger partial charge in [-0.15, -0.1) is 0 Å². The lowest BCUT2D eigenvalue weighted by Crippen LogP contribution is -2.25. The summed E-state index contributed by atoms with van der Waals surface area (Å²) in [5, 5.41) is 21.5. The number of carboxylic acids is 1. The molecule has 0 aliphatic heterocycles. The van der Waals surface area contributed by atoms with E-state index >= 15 is 0 Å². The summed E-state index contributed by atoms with van der Waals surface area (Å²) < 4.78 is 0. The first-order valence-electron chi connectivity index (χ1n) is 12.0. The molecule has 0 aliphatic rings. The van der Waals surface area contributed by atoms with Crippen LogP contribution in [-0.4, -0.2) is 16.2 Å². The molecule has 0 radical (unpaired) electrons. The van der Waals surface area contributed by atoms with E-state index in [2.05, 4.69) is 48.5 Å². The Bertz CT molecular complexity index is 899. The van der Waals surface area contributed by atoms with Crippen LogP contribution < -0.4 is 0 Å². The summed E-state index contributed by atoms with van der Waals surface area (Å²) >= 11 is 0. The summed E-state index contributed by atoms with van der Waals surface area (Å²) in [5.74, 6) is -0.312. The Labute approximate surface area is 194 Å². The Kier molecular flexibility index (Phi) is 8.56. The predicted octanol–water partition coefficient (Wildman–Crippen LogP) is 8.13. The lowest BCUT2D eigenvalue weighted by molar-refractivity contribution is 0.0697. The maximum Gasteiger partial charge on any atom is 0.336 e. The molecule has 2 N–H and O–H groups in total. The number of carbonyl (C=O) groups is 1. The van der Waals surface area contributed by atoms with Crippen LogP contribution in [0.4, 0.5) is 0 Å². The van der Waals surface area contributed by atoms with Gasteiger partial charge in [0.25, 0.3) is 0 Å². The Morgan fingerprint density at radius 1 is 1.03 bits per heavy atom. The third kappa shape index (κ3) is 6.85. The lowest BCUT2D eigenvalue weighted by atomic mass is 9.72. The van der Waals surface area contributed by atoms with E-state index in [9.17, 15) is 15.0 Å². The van der Waals surface area contributed by atoms with Crippen LogP contribution in [-0.2, 0) is 12.8 Å². The molecular weight excluding hydrogens is 396 g/mol. The number of hydrogen-bond acceptors (Lipinski definition) is 2. The Balaban J connectivity index is 2.62. The van der Waals surface area contributed by atoms with Crippen molar-refractivity contribution in [3.63, 3.8) is 0 Å². The highest BCUT2D eigenvalue weighted by Crippen LogP contribution is 2.42. The minimum Gasteiger partial charge on any atom is -0.507 e. The number of unbranched alkanes of at least 4 members (excludes halogenated alkanes) is 1. The molecule has 3 nitrogen and oxygen atoms in total. The van der Waals surface area contributed by atoms with Gasteiger partial charge in [-0.2, -0.15) is 0 Å². The number of carboxylic acid groups (broad SMARTS) is 1. The minimum absolute atomic E-state index is 0.0583. The smallest absolute Gasteiger partial charge is 0.336 e. The molecule has 0 saturated carbocycles. The van der Waals surface area contributed by atoms with Crippen LogP contribution in [0.15, 0.2) is 36.4 Å². The Hall–Kier alpha value is -2.29. The number of phenols is 1. The fourth-order valence-electron chi connectivity index (χ4n) is 4.36. The lowest BCUT2D eigenvalue weighted by Gasteiger charge is -2.34. The van der Waals surface area contributed by atoms with Crippen molar-refractivity contribution in [3.05, 3.63) is 53.1 Å². The van der Waals surface area contributed by atoms with Crippen LogP contribution in [0.1, 0.15) is 95.6 Å². The number of aromatic hydroxyl groups is 1. The fraction of sp³-hybridized carbons (Fsp3) is 0.552. The molecule has 0 heterocycles. The van der Waals surface area contributed by atoms with Crippen LogP contribution in [0.2, 0.25) is 0 Å². The van der Waals surface area contributed by atoms with Crippen LogP contribution >= 0.6 is 0 Å². The average Bonchev–Trinajstić information content (AvgIpc) is 2.69. The highest BCUT2D eigenvalue weighted by atomic mass is 16.4. The molecule has 0 bridgehead atoms. The first kappa shape index (κ1) is 26.0. The molecule has 1 atom stereocenters. The van der Waals surface area contributed by atoms with Crippen molar-refractivity contribution < 1.29 is 15.0 Å². The molecule has 176 valence electrons. The topological polar surface area (TPSA) is 57.5 Å². The summed E-state index contributed by atoms with van der Waals surface area (Å²) in [6, 6.07) is 11.3. The fourth-order valence-corrected chi connectivity index (χ4v) is 4.36. The highest BCUT2D eigenvalue weighted by Gasteiger charge is 2.29. The number of rotatable bonds is 9. The first-order valence-corrected chi connectivity index (χ1v) is 12.0. The SMILES string of the molecule is CCCCc1c(O)c(CC(CCC(C)(C)C)C(C)(C)C)cc(C(=O)O)c1-c1ccccc1. The van der Waals surface area contributed by atoms with Crippen molar-refractivity contribution in [2.75, 3.05) is 0 Å². The van der Waals surface area contributed by atoms with Gasteiger partial charge in [0, 0.05) is 11.1 Å². The second-order valence-corrected chi connectivity index (χ2v) is 11.4. The average molecular weight is 439 g/mol. The van der Waals surface area contributed by atoms with Gasteiger partial charge in [0.05, 0.1) is 5.56 Å². The third-order valence-electron chi connectivity index (χ3n) is 6.49. The quantitative estimate of drug-likeness (QED) is 0.415. The van der Waals surface area contributed by atoms with Gasteiger partial charge < -0.3 is 10.2 Å². The van der Waals surface area contributed by atoms with Gasteiger partial charge in [0.1, 0.15) is 5.75 Å². The van der Waals surface area contributed by atoms with E-state index in [0.717, 1.165) is 42.4 Å². The number of benzene rings is 2. The third-order valence-corrected chi connectivity index (χ3v) is 6.49. The minimum atomic E-state index is -0.940. The van der Waals surface area contributed by atoms with Gasteiger partial charge in [-0.05, 0) is 66.0 Å². The maximum absolute atomic E-state index is 12.3. The molecule has 2 aromatic rings. The Morgan fingerprint density at radius 3 is 2.16 bits per heavy atom. The summed E-state index contributed by atoms with van der Waals surface area (Å²) in [4.78, 5) is 12.3. The Morgan fingerprint density at radius 2 is 1.66 bits per heavy atom. The maximum atomic E-state index is 12.3. The van der Waals surface area contributed by atoms with Crippen molar-refractivity contribution in [3.8, 4) is 16.9 Å². The van der Waals surface area contributed by atoms with E-state index in [4.69, 9.17) is 0 Å². The summed E-state index contributed by atoms with van der Waals surface area (Å²) in [6.45, 7) is 15.6.